The normalized spacial score (nSPS) is 34.0. The summed E-state index contributed by atoms with van der Waals surface area (Å²) in [6.45, 7) is 6.29. The number of carbonyl (C=O) groups excluding carboxylic acids is 1. The molecule has 26 heavy (non-hydrogen) atoms. The van der Waals surface area contributed by atoms with Crippen LogP contribution in [-0.4, -0.2) is 28.3 Å². The fourth-order valence-corrected chi connectivity index (χ4v) is 5.18. The highest BCUT2D eigenvalue weighted by molar-refractivity contribution is 6.31. The number of carbonyl (C=O) groups is 1. The number of benzene rings is 1. The van der Waals surface area contributed by atoms with Crippen LogP contribution in [0.25, 0.3) is 0 Å². The molecule has 0 bridgehead atoms. The third kappa shape index (κ3) is 3.39. The Morgan fingerprint density at radius 2 is 2.08 bits per heavy atom. The fraction of sp³-hybridized carbons (Fsp3) is 0.667. The van der Waals surface area contributed by atoms with Gasteiger partial charge in [-0.1, -0.05) is 50.9 Å². The van der Waals surface area contributed by atoms with Gasteiger partial charge in [0.15, 0.2) is 0 Å². The lowest BCUT2D eigenvalue weighted by molar-refractivity contribution is -0.157. The second-order valence-electron chi connectivity index (χ2n) is 8.64. The number of rotatable bonds is 4. The molecule has 0 spiro atoms. The summed E-state index contributed by atoms with van der Waals surface area (Å²) in [4.78, 5) is 13.0. The van der Waals surface area contributed by atoms with E-state index in [1.165, 1.54) is 0 Å². The number of hydrogen-bond acceptors (Lipinski definition) is 3. The summed E-state index contributed by atoms with van der Waals surface area (Å²) >= 11 is 6.24. The second kappa shape index (κ2) is 7.14. The van der Waals surface area contributed by atoms with Crippen molar-refractivity contribution in [2.75, 3.05) is 6.54 Å². The van der Waals surface area contributed by atoms with Crippen LogP contribution in [0.4, 0.5) is 0 Å². The van der Waals surface area contributed by atoms with Crippen molar-refractivity contribution in [1.82, 2.24) is 5.32 Å². The number of fused-ring (bicyclic) bond motifs is 1. The lowest BCUT2D eigenvalue weighted by atomic mass is 9.66. The van der Waals surface area contributed by atoms with Crippen LogP contribution in [-0.2, 0) is 16.8 Å². The van der Waals surface area contributed by atoms with E-state index >= 15 is 0 Å². The van der Waals surface area contributed by atoms with Crippen molar-refractivity contribution in [1.29, 1.82) is 0 Å². The molecule has 0 aliphatic heterocycles. The van der Waals surface area contributed by atoms with Crippen molar-refractivity contribution < 1.29 is 15.0 Å². The molecular formula is C21H30ClNO3. The van der Waals surface area contributed by atoms with Crippen LogP contribution in [0.5, 0.6) is 0 Å². The van der Waals surface area contributed by atoms with Gasteiger partial charge in [-0.15, -0.1) is 0 Å². The molecule has 0 saturated heterocycles. The molecule has 1 saturated carbocycles. The Hall–Kier alpha value is -1.10. The Kier molecular flexibility index (Phi) is 5.40. The molecule has 4 nitrogen and oxygen atoms in total. The van der Waals surface area contributed by atoms with Crippen LogP contribution >= 0.6 is 11.6 Å². The Labute approximate surface area is 160 Å². The van der Waals surface area contributed by atoms with Gasteiger partial charge >= 0.3 is 0 Å². The summed E-state index contributed by atoms with van der Waals surface area (Å²) in [5.74, 6) is 0.132. The highest BCUT2D eigenvalue weighted by Gasteiger charge is 2.49. The lowest BCUT2D eigenvalue weighted by Crippen LogP contribution is -2.57. The first-order chi connectivity index (χ1) is 12.2. The van der Waals surface area contributed by atoms with E-state index in [-0.39, 0.29) is 24.3 Å². The molecule has 3 rings (SSSR count). The standard InChI is InChI=1S/C21H30ClNO3/c1-13(2)16-8-7-14(3)11-21(16,26)19(24)23-12-20(25)10-9-15-17(20)5-4-6-18(15)22/h4-6,13-14,16,25-26H,7-12H2,1-3H3,(H,23,24)/t14?,16?,20?,21-/m1/s1. The Morgan fingerprint density at radius 1 is 1.35 bits per heavy atom. The minimum Gasteiger partial charge on any atom is -0.383 e. The molecule has 2 aliphatic rings. The van der Waals surface area contributed by atoms with Crippen molar-refractivity contribution >= 4 is 17.5 Å². The van der Waals surface area contributed by atoms with Gasteiger partial charge in [-0.3, -0.25) is 4.79 Å². The first-order valence-electron chi connectivity index (χ1n) is 9.68. The molecule has 3 N–H and O–H groups in total. The highest BCUT2D eigenvalue weighted by atomic mass is 35.5. The van der Waals surface area contributed by atoms with E-state index in [0.717, 1.165) is 24.0 Å². The average Bonchev–Trinajstić information content (AvgIpc) is 2.91. The maximum absolute atomic E-state index is 13.0. The number of nitrogens with one attached hydrogen (secondary N) is 1. The summed E-state index contributed by atoms with van der Waals surface area (Å²) in [5, 5.41) is 25.8. The summed E-state index contributed by atoms with van der Waals surface area (Å²) in [7, 11) is 0. The smallest absolute Gasteiger partial charge is 0.252 e. The number of amides is 1. The van der Waals surface area contributed by atoms with Crippen molar-refractivity contribution in [3.8, 4) is 0 Å². The zero-order valence-corrected chi connectivity index (χ0v) is 16.6. The SMILES string of the molecule is CC1CCC(C(C)C)[C@@](O)(C(=O)NCC2(O)CCc3c(Cl)cccc32)C1. The zero-order valence-electron chi connectivity index (χ0n) is 15.9. The van der Waals surface area contributed by atoms with Gasteiger partial charge in [-0.25, -0.2) is 0 Å². The van der Waals surface area contributed by atoms with Gasteiger partial charge in [0.05, 0.1) is 6.54 Å². The fourth-order valence-electron chi connectivity index (χ4n) is 4.91. The Bertz CT molecular complexity index is 692. The second-order valence-corrected chi connectivity index (χ2v) is 9.05. The molecule has 5 heteroatoms. The molecule has 0 radical (unpaired) electrons. The van der Waals surface area contributed by atoms with E-state index in [2.05, 4.69) is 26.1 Å². The molecule has 2 aliphatic carbocycles. The van der Waals surface area contributed by atoms with Gasteiger partial charge in [-0.05, 0) is 60.6 Å². The third-order valence-corrected chi connectivity index (χ3v) is 6.75. The minimum atomic E-state index is -1.36. The zero-order chi connectivity index (χ0) is 19.1. The number of hydrogen-bond donors (Lipinski definition) is 3. The average molecular weight is 380 g/mol. The summed E-state index contributed by atoms with van der Waals surface area (Å²) in [6.07, 6.45) is 3.58. The first kappa shape index (κ1) is 19.7. The number of aliphatic hydroxyl groups is 2. The summed E-state index contributed by atoms with van der Waals surface area (Å²) in [6, 6.07) is 5.52. The maximum Gasteiger partial charge on any atom is 0.252 e. The van der Waals surface area contributed by atoms with Crippen LogP contribution < -0.4 is 5.32 Å². The molecular weight excluding hydrogens is 350 g/mol. The van der Waals surface area contributed by atoms with Crippen LogP contribution in [0.2, 0.25) is 5.02 Å². The largest absolute Gasteiger partial charge is 0.383 e. The van der Waals surface area contributed by atoms with Gasteiger partial charge < -0.3 is 15.5 Å². The van der Waals surface area contributed by atoms with Crippen LogP contribution in [0.3, 0.4) is 0 Å². The van der Waals surface area contributed by atoms with E-state index in [1.807, 2.05) is 18.2 Å². The van der Waals surface area contributed by atoms with Gasteiger partial charge in [0.1, 0.15) is 11.2 Å². The predicted octanol–water partition coefficient (Wildman–Crippen LogP) is 3.41. The Balaban J connectivity index is 1.75. The van der Waals surface area contributed by atoms with Gasteiger partial charge in [0, 0.05) is 5.02 Å². The van der Waals surface area contributed by atoms with Gasteiger partial charge in [-0.2, -0.15) is 0 Å². The molecule has 1 aromatic carbocycles. The van der Waals surface area contributed by atoms with E-state index in [4.69, 9.17) is 11.6 Å². The van der Waals surface area contributed by atoms with Crippen LogP contribution in [0.1, 0.15) is 57.6 Å². The third-order valence-electron chi connectivity index (χ3n) is 6.39. The lowest BCUT2D eigenvalue weighted by Gasteiger charge is -2.43. The molecule has 1 fully saturated rings. The van der Waals surface area contributed by atoms with Crippen molar-refractivity contribution in [2.45, 2.75) is 64.1 Å². The van der Waals surface area contributed by atoms with Gasteiger partial charge in [0.25, 0.3) is 5.91 Å². The molecule has 0 heterocycles. The van der Waals surface area contributed by atoms with E-state index < -0.39 is 11.2 Å². The van der Waals surface area contributed by atoms with Crippen molar-refractivity contribution in [3.05, 3.63) is 34.3 Å². The minimum absolute atomic E-state index is 0.0568. The van der Waals surface area contributed by atoms with Crippen molar-refractivity contribution in [3.63, 3.8) is 0 Å². The molecule has 1 aromatic rings. The Morgan fingerprint density at radius 3 is 2.77 bits per heavy atom. The molecule has 0 aromatic heterocycles. The monoisotopic (exact) mass is 379 g/mol. The topological polar surface area (TPSA) is 69.6 Å². The van der Waals surface area contributed by atoms with E-state index in [0.29, 0.717) is 30.2 Å². The summed E-state index contributed by atoms with van der Waals surface area (Å²) in [5.41, 5.74) is -0.747. The highest BCUT2D eigenvalue weighted by Crippen LogP contribution is 2.42. The van der Waals surface area contributed by atoms with Crippen LogP contribution in [0.15, 0.2) is 18.2 Å². The first-order valence-corrected chi connectivity index (χ1v) is 10.1. The maximum atomic E-state index is 13.0. The molecule has 1 amide bonds. The molecule has 3 unspecified atom stereocenters. The quantitative estimate of drug-likeness (QED) is 0.750. The van der Waals surface area contributed by atoms with Crippen LogP contribution in [0, 0.1) is 17.8 Å². The molecule has 144 valence electrons. The van der Waals surface area contributed by atoms with Gasteiger partial charge in [0.2, 0.25) is 0 Å². The van der Waals surface area contributed by atoms with E-state index in [1.54, 1.807) is 0 Å². The van der Waals surface area contributed by atoms with E-state index in [9.17, 15) is 15.0 Å². The summed E-state index contributed by atoms with van der Waals surface area (Å²) < 4.78 is 0. The molecule has 4 atom stereocenters. The number of halogens is 1. The predicted molar refractivity (Wildman–Crippen MR) is 103 cm³/mol. The van der Waals surface area contributed by atoms with Crippen molar-refractivity contribution in [2.24, 2.45) is 17.8 Å².